The Morgan fingerprint density at radius 3 is 2.17 bits per heavy atom. The van der Waals surface area contributed by atoms with Crippen molar-refractivity contribution < 1.29 is 29.1 Å². The Kier molecular flexibility index (Phi) is 11.0. The number of hydrogen-bond acceptors (Lipinski definition) is 6. The zero-order valence-electron chi connectivity index (χ0n) is 23.0. The van der Waals surface area contributed by atoms with E-state index in [-0.39, 0.29) is 18.8 Å². The number of nitrogens with two attached hydrogens (primary N) is 1. The monoisotopic (exact) mass is 564 g/mol. The van der Waals surface area contributed by atoms with Gasteiger partial charge in [-0.2, -0.15) is 0 Å². The molecule has 0 aliphatic carbocycles. The lowest BCUT2D eigenvalue weighted by molar-refractivity contribution is -0.143. The molecule has 218 valence electrons. The molecule has 41 heavy (non-hydrogen) atoms. The third-order valence-corrected chi connectivity index (χ3v) is 6.49. The molecule has 12 nitrogen and oxygen atoms in total. The molecule has 0 saturated carbocycles. The number of para-hydroxylation sites is 1. The summed E-state index contributed by atoms with van der Waals surface area (Å²) in [5, 5.41) is 20.3. The summed E-state index contributed by atoms with van der Waals surface area (Å²) in [6.07, 6.45) is 2.17. The van der Waals surface area contributed by atoms with Gasteiger partial charge in [0.15, 0.2) is 0 Å². The third-order valence-electron chi connectivity index (χ3n) is 6.49. The van der Waals surface area contributed by atoms with Gasteiger partial charge >= 0.3 is 5.97 Å². The number of aliphatic carboxylic acids is 1. The number of fused-ring (bicyclic) bond motifs is 1. The van der Waals surface area contributed by atoms with Crippen LogP contribution in [-0.2, 0) is 36.8 Å². The standard InChI is InChI=1S/C29H36N6O6/c1-17(2)26(29(40)41)35-28(39)23(12-18-8-4-3-5-9-18)34-25(37)16-32-24(36)15-33-27(38)21(30)13-19-14-31-22-11-7-6-10-20(19)22/h3-11,14,17,21,23,26,31H,12-13,15-16,30H2,1-2H3,(H,32,36)(H,33,38)(H,34,37)(H,35,39)(H,40,41). The first-order chi connectivity index (χ1) is 19.5. The average molecular weight is 565 g/mol. The molecule has 0 radical (unpaired) electrons. The van der Waals surface area contributed by atoms with E-state index < -0.39 is 60.8 Å². The van der Waals surface area contributed by atoms with Gasteiger partial charge in [-0.15, -0.1) is 0 Å². The number of nitrogens with one attached hydrogen (secondary N) is 5. The van der Waals surface area contributed by atoms with Crippen LogP contribution < -0.4 is 27.0 Å². The van der Waals surface area contributed by atoms with Crippen molar-refractivity contribution in [1.29, 1.82) is 0 Å². The SMILES string of the molecule is CC(C)C(NC(=O)C(Cc1ccccc1)NC(=O)CNC(=O)CNC(=O)C(N)Cc1c[nH]c2ccccc12)C(=O)O. The van der Waals surface area contributed by atoms with Gasteiger partial charge in [-0.05, 0) is 29.5 Å². The number of carbonyl (C=O) groups excluding carboxylic acids is 4. The van der Waals surface area contributed by atoms with E-state index in [1.807, 2.05) is 24.3 Å². The predicted octanol–water partition coefficient (Wildman–Crippen LogP) is 0.223. The van der Waals surface area contributed by atoms with Crippen molar-refractivity contribution >= 4 is 40.5 Å². The Morgan fingerprint density at radius 2 is 1.49 bits per heavy atom. The van der Waals surface area contributed by atoms with Gasteiger partial charge in [0, 0.05) is 23.5 Å². The van der Waals surface area contributed by atoms with Crippen LogP contribution in [0.4, 0.5) is 0 Å². The van der Waals surface area contributed by atoms with Crippen LogP contribution >= 0.6 is 0 Å². The van der Waals surface area contributed by atoms with Crippen molar-refractivity contribution in [1.82, 2.24) is 26.3 Å². The van der Waals surface area contributed by atoms with Gasteiger partial charge in [0.05, 0.1) is 19.1 Å². The van der Waals surface area contributed by atoms with Gasteiger partial charge < -0.3 is 37.1 Å². The van der Waals surface area contributed by atoms with E-state index in [1.54, 1.807) is 50.4 Å². The molecule has 1 aromatic heterocycles. The van der Waals surface area contributed by atoms with Gasteiger partial charge in [-0.25, -0.2) is 4.79 Å². The predicted molar refractivity (Wildman–Crippen MR) is 152 cm³/mol. The lowest BCUT2D eigenvalue weighted by Gasteiger charge is -2.23. The molecule has 3 aromatic rings. The van der Waals surface area contributed by atoms with Crippen molar-refractivity contribution in [3.8, 4) is 0 Å². The van der Waals surface area contributed by atoms with Gasteiger partial charge in [-0.3, -0.25) is 19.2 Å². The Bertz CT molecular complexity index is 1370. The number of carboxylic acids is 1. The number of benzene rings is 2. The second-order valence-corrected chi connectivity index (χ2v) is 10.0. The maximum atomic E-state index is 12.9. The lowest BCUT2D eigenvalue weighted by atomic mass is 10.0. The van der Waals surface area contributed by atoms with Crippen LogP contribution in [0, 0.1) is 5.92 Å². The Labute approximate surface area is 237 Å². The first kappa shape index (κ1) is 30.8. The number of aromatic amines is 1. The lowest BCUT2D eigenvalue weighted by Crippen LogP contribution is -2.55. The highest BCUT2D eigenvalue weighted by atomic mass is 16.4. The van der Waals surface area contributed by atoms with E-state index in [4.69, 9.17) is 5.73 Å². The molecule has 0 fully saturated rings. The Morgan fingerprint density at radius 1 is 0.829 bits per heavy atom. The maximum Gasteiger partial charge on any atom is 0.326 e. The highest BCUT2D eigenvalue weighted by Crippen LogP contribution is 2.18. The molecule has 4 amide bonds. The molecule has 1 heterocycles. The first-order valence-electron chi connectivity index (χ1n) is 13.3. The molecule has 2 aromatic carbocycles. The zero-order chi connectivity index (χ0) is 29.9. The zero-order valence-corrected chi connectivity index (χ0v) is 23.0. The van der Waals surface area contributed by atoms with Crippen LogP contribution in [0.25, 0.3) is 10.9 Å². The summed E-state index contributed by atoms with van der Waals surface area (Å²) in [6.45, 7) is 2.47. The van der Waals surface area contributed by atoms with Crippen LogP contribution in [0.15, 0.2) is 60.8 Å². The average Bonchev–Trinajstić information content (AvgIpc) is 3.35. The fourth-order valence-electron chi connectivity index (χ4n) is 4.24. The number of carboxylic acid groups (broad SMARTS) is 1. The normalized spacial score (nSPS) is 13.2. The van der Waals surface area contributed by atoms with Gasteiger partial charge in [0.1, 0.15) is 12.1 Å². The van der Waals surface area contributed by atoms with Crippen molar-refractivity contribution in [3.63, 3.8) is 0 Å². The van der Waals surface area contributed by atoms with E-state index in [0.29, 0.717) is 0 Å². The highest BCUT2D eigenvalue weighted by Gasteiger charge is 2.28. The van der Waals surface area contributed by atoms with Crippen molar-refractivity contribution in [2.24, 2.45) is 11.7 Å². The van der Waals surface area contributed by atoms with Gasteiger partial charge in [0.25, 0.3) is 0 Å². The van der Waals surface area contributed by atoms with Crippen LogP contribution in [0.5, 0.6) is 0 Å². The summed E-state index contributed by atoms with van der Waals surface area (Å²) in [6, 6.07) is 13.4. The summed E-state index contributed by atoms with van der Waals surface area (Å²) in [5.74, 6) is -4.03. The van der Waals surface area contributed by atoms with Crippen LogP contribution in [-0.4, -0.2) is 70.9 Å². The summed E-state index contributed by atoms with van der Waals surface area (Å²) in [7, 11) is 0. The second kappa shape index (κ2) is 14.6. The minimum atomic E-state index is -1.19. The van der Waals surface area contributed by atoms with Crippen molar-refractivity contribution in [2.75, 3.05) is 13.1 Å². The minimum absolute atomic E-state index is 0.112. The molecule has 3 unspecified atom stereocenters. The molecule has 3 atom stereocenters. The fraction of sp³-hybridized carbons (Fsp3) is 0.345. The van der Waals surface area contributed by atoms with Gasteiger partial charge in [0.2, 0.25) is 23.6 Å². The molecular formula is C29H36N6O6. The smallest absolute Gasteiger partial charge is 0.326 e. The largest absolute Gasteiger partial charge is 0.480 e. The topological polar surface area (TPSA) is 196 Å². The van der Waals surface area contributed by atoms with Crippen molar-refractivity contribution in [3.05, 3.63) is 71.9 Å². The van der Waals surface area contributed by atoms with E-state index in [1.165, 1.54) is 0 Å². The summed E-state index contributed by atoms with van der Waals surface area (Å²) in [4.78, 5) is 64.9. The summed E-state index contributed by atoms with van der Waals surface area (Å²) in [5.41, 5.74) is 8.58. The fourth-order valence-corrected chi connectivity index (χ4v) is 4.24. The Balaban J connectivity index is 1.49. The summed E-state index contributed by atoms with van der Waals surface area (Å²) < 4.78 is 0. The quantitative estimate of drug-likeness (QED) is 0.145. The number of H-pyrrole nitrogens is 1. The molecular weight excluding hydrogens is 528 g/mol. The molecule has 0 spiro atoms. The van der Waals surface area contributed by atoms with Crippen LogP contribution in [0.3, 0.4) is 0 Å². The van der Waals surface area contributed by atoms with Crippen molar-refractivity contribution in [2.45, 2.75) is 44.8 Å². The molecule has 12 heteroatoms. The Hall–Kier alpha value is -4.71. The van der Waals surface area contributed by atoms with Gasteiger partial charge in [-0.1, -0.05) is 62.4 Å². The number of carbonyl (C=O) groups is 5. The molecule has 8 N–H and O–H groups in total. The number of rotatable bonds is 14. The maximum absolute atomic E-state index is 12.9. The van der Waals surface area contributed by atoms with E-state index in [0.717, 1.165) is 22.0 Å². The number of amides is 4. The van der Waals surface area contributed by atoms with Crippen LogP contribution in [0.2, 0.25) is 0 Å². The molecule has 0 bridgehead atoms. The molecule has 0 aliphatic rings. The third kappa shape index (κ3) is 9.17. The number of hydrogen-bond donors (Lipinski definition) is 7. The van der Waals surface area contributed by atoms with Crippen LogP contribution in [0.1, 0.15) is 25.0 Å². The number of aromatic nitrogens is 1. The summed E-state index contributed by atoms with van der Waals surface area (Å²) >= 11 is 0. The second-order valence-electron chi connectivity index (χ2n) is 10.0. The molecule has 3 rings (SSSR count). The molecule has 0 aliphatic heterocycles. The molecule has 0 saturated heterocycles. The minimum Gasteiger partial charge on any atom is -0.480 e. The van der Waals surface area contributed by atoms with E-state index >= 15 is 0 Å². The van der Waals surface area contributed by atoms with E-state index in [2.05, 4.69) is 26.3 Å². The highest BCUT2D eigenvalue weighted by molar-refractivity contribution is 5.93. The van der Waals surface area contributed by atoms with E-state index in [9.17, 15) is 29.1 Å². The first-order valence-corrected chi connectivity index (χ1v) is 13.3.